The second-order valence-corrected chi connectivity index (χ2v) is 5.68. The van der Waals surface area contributed by atoms with E-state index in [-0.39, 0.29) is 24.1 Å². The molecule has 0 amide bonds. The number of nitrogens with zero attached hydrogens (tertiary/aromatic N) is 3. The van der Waals surface area contributed by atoms with Gasteiger partial charge in [0.05, 0.1) is 11.6 Å². The molecule has 2 heterocycles. The van der Waals surface area contributed by atoms with Gasteiger partial charge >= 0.3 is 5.97 Å². The lowest BCUT2D eigenvalue weighted by molar-refractivity contribution is -0.150. The van der Waals surface area contributed by atoms with Crippen molar-refractivity contribution < 1.29 is 9.53 Å². The fourth-order valence-corrected chi connectivity index (χ4v) is 2.68. The molecule has 0 aliphatic carbocycles. The minimum Gasteiger partial charge on any atom is -0.459 e. The smallest absolute Gasteiger partial charge is 0.309 e. The highest BCUT2D eigenvalue weighted by molar-refractivity contribution is 7.16. The van der Waals surface area contributed by atoms with Crippen molar-refractivity contribution in [2.45, 2.75) is 40.2 Å². The van der Waals surface area contributed by atoms with Crippen LogP contribution < -0.4 is 5.56 Å². The first-order chi connectivity index (χ1) is 9.55. The average molecular weight is 295 g/mol. The number of hydrogen-bond donors (Lipinski definition) is 0. The number of aryl methyl sites for hydroxylation is 1. The first-order valence-electron chi connectivity index (χ1n) is 6.58. The maximum atomic E-state index is 11.8. The second kappa shape index (κ2) is 6.13. The molecule has 0 unspecified atom stereocenters. The van der Waals surface area contributed by atoms with Gasteiger partial charge < -0.3 is 4.74 Å². The summed E-state index contributed by atoms with van der Waals surface area (Å²) in [4.78, 5) is 28.4. The van der Waals surface area contributed by atoms with E-state index < -0.39 is 0 Å². The van der Waals surface area contributed by atoms with Gasteiger partial charge in [0, 0.05) is 6.07 Å². The van der Waals surface area contributed by atoms with Crippen LogP contribution in [0, 0.1) is 12.8 Å². The molecule has 0 atom stereocenters. The van der Waals surface area contributed by atoms with E-state index in [0.717, 1.165) is 17.8 Å². The van der Waals surface area contributed by atoms with Crippen molar-refractivity contribution in [2.24, 2.45) is 5.92 Å². The molecule has 0 aromatic carbocycles. The van der Waals surface area contributed by atoms with Crippen molar-refractivity contribution >= 4 is 22.3 Å². The van der Waals surface area contributed by atoms with Crippen molar-refractivity contribution in [1.82, 2.24) is 14.6 Å². The largest absolute Gasteiger partial charge is 0.459 e. The molecular formula is C13H17N3O3S. The van der Waals surface area contributed by atoms with E-state index in [4.69, 9.17) is 4.74 Å². The topological polar surface area (TPSA) is 73.6 Å². The highest BCUT2D eigenvalue weighted by Gasteiger charge is 2.16. The quantitative estimate of drug-likeness (QED) is 0.788. The summed E-state index contributed by atoms with van der Waals surface area (Å²) >= 11 is 1.33. The predicted molar refractivity (Wildman–Crippen MR) is 75.7 cm³/mol. The van der Waals surface area contributed by atoms with E-state index in [1.54, 1.807) is 0 Å². The van der Waals surface area contributed by atoms with Gasteiger partial charge in [-0.1, -0.05) is 25.2 Å². The lowest BCUT2D eigenvalue weighted by Gasteiger charge is -2.11. The van der Waals surface area contributed by atoms with Crippen LogP contribution in [0.1, 0.15) is 37.4 Å². The Morgan fingerprint density at radius 3 is 2.80 bits per heavy atom. The summed E-state index contributed by atoms with van der Waals surface area (Å²) in [5.74, 6) is -0.331. The number of carbonyl (C=O) groups excluding carboxylic acids is 1. The standard InChI is InChI=1S/C13H17N3O3S/c1-4-9(5-2)12(18)19-7-10-6-11(17)16-13(14-10)20-8(3)15-16/h6,9H,4-5,7H2,1-3H3. The molecule has 0 aliphatic heterocycles. The molecule has 0 spiro atoms. The third-order valence-corrected chi connectivity index (χ3v) is 3.90. The molecular weight excluding hydrogens is 278 g/mol. The molecule has 0 bridgehead atoms. The van der Waals surface area contributed by atoms with Crippen molar-refractivity contribution in [3.63, 3.8) is 0 Å². The first-order valence-corrected chi connectivity index (χ1v) is 7.39. The van der Waals surface area contributed by atoms with Crippen LogP contribution in [0.3, 0.4) is 0 Å². The van der Waals surface area contributed by atoms with Crippen molar-refractivity contribution in [3.8, 4) is 0 Å². The number of hydrogen-bond acceptors (Lipinski definition) is 6. The minimum absolute atomic E-state index is 0.0258. The average Bonchev–Trinajstić information content (AvgIpc) is 2.79. The third kappa shape index (κ3) is 3.04. The molecule has 6 nitrogen and oxygen atoms in total. The minimum atomic E-state index is -0.257. The summed E-state index contributed by atoms with van der Waals surface area (Å²) in [7, 11) is 0. The van der Waals surface area contributed by atoms with Crippen molar-refractivity contribution in [1.29, 1.82) is 0 Å². The molecule has 0 saturated heterocycles. The van der Waals surface area contributed by atoms with Crippen LogP contribution in [0.2, 0.25) is 0 Å². The Balaban J connectivity index is 2.14. The lowest BCUT2D eigenvalue weighted by atomic mass is 10.0. The maximum Gasteiger partial charge on any atom is 0.309 e. The van der Waals surface area contributed by atoms with Crippen molar-refractivity contribution in [2.75, 3.05) is 0 Å². The van der Waals surface area contributed by atoms with E-state index in [2.05, 4.69) is 10.1 Å². The Kier molecular flexibility index (Phi) is 4.49. The zero-order valence-electron chi connectivity index (χ0n) is 11.8. The number of esters is 1. The van der Waals surface area contributed by atoms with Gasteiger partial charge in [-0.05, 0) is 19.8 Å². The number of ether oxygens (including phenoxy) is 1. The molecule has 0 N–H and O–H groups in total. The summed E-state index contributed by atoms with van der Waals surface area (Å²) in [6.07, 6.45) is 1.50. The van der Waals surface area contributed by atoms with Gasteiger partial charge in [-0.15, -0.1) is 0 Å². The molecule has 2 aromatic rings. The Morgan fingerprint density at radius 2 is 2.15 bits per heavy atom. The van der Waals surface area contributed by atoms with Gasteiger partial charge in [0.25, 0.3) is 5.56 Å². The normalized spacial score (nSPS) is 11.2. The lowest BCUT2D eigenvalue weighted by Crippen LogP contribution is -2.19. The Bertz CT molecular complexity index is 673. The Morgan fingerprint density at radius 1 is 1.45 bits per heavy atom. The highest BCUT2D eigenvalue weighted by atomic mass is 32.1. The number of rotatable bonds is 5. The van der Waals surface area contributed by atoms with E-state index in [1.807, 2.05) is 20.8 Å². The third-order valence-electron chi connectivity index (χ3n) is 3.08. The van der Waals surface area contributed by atoms with Gasteiger partial charge in [-0.3, -0.25) is 9.59 Å². The van der Waals surface area contributed by atoms with Gasteiger partial charge in [-0.2, -0.15) is 9.61 Å². The maximum absolute atomic E-state index is 11.8. The zero-order valence-corrected chi connectivity index (χ0v) is 12.6. The molecule has 0 radical (unpaired) electrons. The van der Waals surface area contributed by atoms with Crippen LogP contribution in [-0.2, 0) is 16.1 Å². The summed E-state index contributed by atoms with van der Waals surface area (Å²) < 4.78 is 6.47. The van der Waals surface area contributed by atoms with Gasteiger partial charge in [0.1, 0.15) is 11.6 Å². The highest BCUT2D eigenvalue weighted by Crippen LogP contribution is 2.12. The second-order valence-electron chi connectivity index (χ2n) is 4.52. The SMILES string of the molecule is CCC(CC)C(=O)OCc1cc(=O)n2nc(C)sc2n1. The van der Waals surface area contributed by atoms with E-state index >= 15 is 0 Å². The van der Waals surface area contributed by atoms with E-state index in [0.29, 0.717) is 10.7 Å². The number of fused-ring (bicyclic) bond motifs is 1. The van der Waals surface area contributed by atoms with Crippen LogP contribution in [0.15, 0.2) is 10.9 Å². The van der Waals surface area contributed by atoms with Crippen LogP contribution >= 0.6 is 11.3 Å². The summed E-state index contributed by atoms with van der Waals surface area (Å²) in [6, 6.07) is 1.35. The monoisotopic (exact) mass is 295 g/mol. The van der Waals surface area contributed by atoms with E-state index in [1.165, 1.54) is 21.9 Å². The van der Waals surface area contributed by atoms with E-state index in [9.17, 15) is 9.59 Å². The molecule has 20 heavy (non-hydrogen) atoms. The van der Waals surface area contributed by atoms with Crippen LogP contribution in [0.4, 0.5) is 0 Å². The van der Waals surface area contributed by atoms with Gasteiger partial charge in [0.2, 0.25) is 4.96 Å². The fraction of sp³-hybridized carbons (Fsp3) is 0.538. The first kappa shape index (κ1) is 14.6. The number of aromatic nitrogens is 3. The molecule has 108 valence electrons. The Hall–Kier alpha value is -1.76. The molecule has 2 aromatic heterocycles. The van der Waals surface area contributed by atoms with Crippen molar-refractivity contribution in [3.05, 3.63) is 27.1 Å². The van der Waals surface area contributed by atoms with Gasteiger partial charge in [-0.25, -0.2) is 4.98 Å². The molecule has 7 heteroatoms. The summed E-state index contributed by atoms with van der Waals surface area (Å²) in [6.45, 7) is 5.74. The molecule has 0 saturated carbocycles. The Labute approximate surface area is 120 Å². The van der Waals surface area contributed by atoms with Crippen LogP contribution in [0.5, 0.6) is 0 Å². The van der Waals surface area contributed by atoms with Crippen LogP contribution in [0.25, 0.3) is 4.96 Å². The van der Waals surface area contributed by atoms with Gasteiger partial charge in [0.15, 0.2) is 0 Å². The zero-order chi connectivity index (χ0) is 14.7. The summed E-state index contributed by atoms with van der Waals surface area (Å²) in [5, 5.41) is 4.82. The summed E-state index contributed by atoms with van der Waals surface area (Å²) in [5.41, 5.74) is 0.200. The molecule has 0 aliphatic rings. The predicted octanol–water partition coefficient (Wildman–Crippen LogP) is 1.94. The molecule has 2 rings (SSSR count). The van der Waals surface area contributed by atoms with Crippen LogP contribution in [-0.4, -0.2) is 20.6 Å². The fourth-order valence-electron chi connectivity index (χ4n) is 1.91. The number of carbonyl (C=O) groups is 1. The molecule has 0 fully saturated rings.